The van der Waals surface area contributed by atoms with Crippen molar-refractivity contribution in [1.29, 1.82) is 0 Å². The van der Waals surface area contributed by atoms with Crippen molar-refractivity contribution in [3.05, 3.63) is 30.3 Å². The zero-order chi connectivity index (χ0) is 5.82. The monoisotopic (exact) mass is 188 g/mol. The first kappa shape index (κ1) is 6.18. The molecular weight excluding hydrogens is 180 g/mol. The van der Waals surface area contributed by atoms with E-state index in [2.05, 4.69) is 12.1 Å². The molecule has 1 rings (SSSR count). The van der Waals surface area contributed by atoms with Crippen LogP contribution in [-0.2, 0) is 0 Å². The molecule has 42 valence electrons. The van der Waals surface area contributed by atoms with Gasteiger partial charge in [0, 0.05) is 0 Å². The van der Waals surface area contributed by atoms with Gasteiger partial charge in [0.2, 0.25) is 0 Å². The summed E-state index contributed by atoms with van der Waals surface area (Å²) in [6.07, 6.45) is 0. The Hall–Kier alpha value is 0.0529. The van der Waals surface area contributed by atoms with Gasteiger partial charge >= 0.3 is 59.2 Å². The summed E-state index contributed by atoms with van der Waals surface area (Å²) >= 11 is -0.803. The average Bonchev–Trinajstić information content (AvgIpc) is 1.90. The van der Waals surface area contributed by atoms with Crippen LogP contribution in [-0.4, -0.2) is 14.5 Å². The van der Waals surface area contributed by atoms with Crippen molar-refractivity contribution >= 4 is 28.9 Å². The van der Waals surface area contributed by atoms with E-state index in [1.165, 1.54) is 4.40 Å². The van der Waals surface area contributed by atoms with Gasteiger partial charge in [-0.25, -0.2) is 0 Å². The van der Waals surface area contributed by atoms with E-state index in [0.29, 0.717) is 0 Å². The third-order valence-corrected chi connectivity index (χ3v) is 4.24. The molecule has 0 nitrogen and oxygen atoms in total. The van der Waals surface area contributed by atoms with E-state index < -0.39 is 14.5 Å². The minimum atomic E-state index is -0.803. The van der Waals surface area contributed by atoms with Crippen molar-refractivity contribution in [2.24, 2.45) is 0 Å². The Morgan fingerprint density at radius 2 is 1.75 bits per heavy atom. The van der Waals surface area contributed by atoms with Crippen LogP contribution in [0.5, 0.6) is 0 Å². The predicted molar refractivity (Wildman–Crippen MR) is 40.5 cm³/mol. The summed E-state index contributed by atoms with van der Waals surface area (Å²) in [5, 5.41) is 0. The summed E-state index contributed by atoms with van der Waals surface area (Å²) in [6.45, 7) is 0. The molecule has 0 aromatic heterocycles. The summed E-state index contributed by atoms with van der Waals surface area (Å²) in [5.74, 6) is 0. The number of hydrogen-bond donors (Lipinski definition) is 0. The summed E-state index contributed by atoms with van der Waals surface area (Å²) in [4.78, 5) is 0. The van der Waals surface area contributed by atoms with Crippen molar-refractivity contribution in [3.8, 4) is 0 Å². The Labute approximate surface area is 59.5 Å². The van der Waals surface area contributed by atoms with E-state index in [0.717, 1.165) is 0 Å². The molecule has 2 heteroatoms. The fourth-order valence-corrected chi connectivity index (χ4v) is 2.44. The standard InChI is InChI=1S/C6H7ClGe/c7-8-6-4-2-1-3-5-6/h1-5H,8H2. The molecule has 0 bridgehead atoms. The molecule has 0 amide bonds. The first-order valence-electron chi connectivity index (χ1n) is 2.53. The van der Waals surface area contributed by atoms with Crippen LogP contribution in [0, 0.1) is 0 Å². The Morgan fingerprint density at radius 1 is 1.12 bits per heavy atom. The first-order chi connectivity index (χ1) is 3.93. The van der Waals surface area contributed by atoms with E-state index >= 15 is 0 Å². The van der Waals surface area contributed by atoms with Gasteiger partial charge in [-0.3, -0.25) is 0 Å². The Morgan fingerprint density at radius 3 is 2.12 bits per heavy atom. The van der Waals surface area contributed by atoms with Crippen LogP contribution in [0.1, 0.15) is 0 Å². The molecule has 0 spiro atoms. The third kappa shape index (κ3) is 1.53. The molecule has 0 fully saturated rings. The third-order valence-electron chi connectivity index (χ3n) is 0.997. The molecular formula is C6H7ClGe. The Balaban J connectivity index is 2.83. The molecule has 0 aliphatic rings. The molecule has 1 aromatic rings. The summed E-state index contributed by atoms with van der Waals surface area (Å²) in [5.41, 5.74) is 0. The molecule has 0 radical (unpaired) electrons. The van der Waals surface area contributed by atoms with Gasteiger partial charge in [-0.1, -0.05) is 0 Å². The molecule has 0 saturated carbocycles. The van der Waals surface area contributed by atoms with Gasteiger partial charge in [0.15, 0.2) is 0 Å². The number of halogens is 1. The first-order valence-corrected chi connectivity index (χ1v) is 7.91. The van der Waals surface area contributed by atoms with Crippen molar-refractivity contribution in [2.45, 2.75) is 0 Å². The predicted octanol–water partition coefficient (Wildman–Crippen LogP) is 0.634. The van der Waals surface area contributed by atoms with Gasteiger partial charge in [0.05, 0.1) is 0 Å². The van der Waals surface area contributed by atoms with Crippen LogP contribution in [0.25, 0.3) is 0 Å². The molecule has 0 atom stereocenters. The van der Waals surface area contributed by atoms with Crippen LogP contribution in [0.4, 0.5) is 0 Å². The van der Waals surface area contributed by atoms with E-state index in [-0.39, 0.29) is 0 Å². The van der Waals surface area contributed by atoms with Crippen LogP contribution in [0.3, 0.4) is 0 Å². The van der Waals surface area contributed by atoms with Gasteiger partial charge < -0.3 is 0 Å². The van der Waals surface area contributed by atoms with E-state index in [1.807, 2.05) is 18.2 Å². The molecule has 0 aliphatic heterocycles. The van der Waals surface area contributed by atoms with Crippen LogP contribution < -0.4 is 4.40 Å². The number of benzene rings is 1. The van der Waals surface area contributed by atoms with Gasteiger partial charge in [0.25, 0.3) is 0 Å². The molecule has 0 aliphatic carbocycles. The quantitative estimate of drug-likeness (QED) is 0.566. The van der Waals surface area contributed by atoms with E-state index in [1.54, 1.807) is 0 Å². The van der Waals surface area contributed by atoms with Gasteiger partial charge in [-0.2, -0.15) is 0 Å². The second kappa shape index (κ2) is 3.15. The summed E-state index contributed by atoms with van der Waals surface area (Å²) < 4.78 is 1.36. The van der Waals surface area contributed by atoms with Crippen molar-refractivity contribution in [2.75, 3.05) is 0 Å². The maximum absolute atomic E-state index is 5.71. The Kier molecular flexibility index (Phi) is 2.43. The number of hydrogen-bond acceptors (Lipinski definition) is 0. The second-order valence-corrected chi connectivity index (χ2v) is 5.28. The van der Waals surface area contributed by atoms with E-state index in [9.17, 15) is 0 Å². The van der Waals surface area contributed by atoms with Crippen molar-refractivity contribution < 1.29 is 0 Å². The van der Waals surface area contributed by atoms with Crippen molar-refractivity contribution in [3.63, 3.8) is 0 Å². The zero-order valence-electron chi connectivity index (χ0n) is 4.47. The summed E-state index contributed by atoms with van der Waals surface area (Å²) in [6, 6.07) is 10.3. The van der Waals surface area contributed by atoms with Crippen LogP contribution in [0.2, 0.25) is 0 Å². The normalized spacial score (nSPS) is 10.6. The molecule has 0 saturated heterocycles. The van der Waals surface area contributed by atoms with Crippen LogP contribution in [0.15, 0.2) is 30.3 Å². The fourth-order valence-electron chi connectivity index (χ4n) is 0.567. The zero-order valence-corrected chi connectivity index (χ0v) is 8.19. The van der Waals surface area contributed by atoms with Crippen LogP contribution >= 0.6 is 10.0 Å². The van der Waals surface area contributed by atoms with Crippen molar-refractivity contribution in [1.82, 2.24) is 0 Å². The number of rotatable bonds is 1. The molecule has 1 aromatic carbocycles. The molecule has 8 heavy (non-hydrogen) atoms. The molecule has 0 N–H and O–H groups in total. The van der Waals surface area contributed by atoms with Gasteiger partial charge in [0.1, 0.15) is 0 Å². The average molecular weight is 187 g/mol. The molecule has 0 heterocycles. The fraction of sp³-hybridized carbons (Fsp3) is 0. The Bertz CT molecular complexity index is 150. The minimum absolute atomic E-state index is 0.803. The topological polar surface area (TPSA) is 0 Å². The summed E-state index contributed by atoms with van der Waals surface area (Å²) in [7, 11) is 5.71. The van der Waals surface area contributed by atoms with Gasteiger partial charge in [-0.15, -0.1) is 0 Å². The second-order valence-electron chi connectivity index (χ2n) is 1.62. The van der Waals surface area contributed by atoms with E-state index in [4.69, 9.17) is 10.0 Å². The SMILES string of the molecule is [Cl][GeH2][c]1ccccc1. The maximum atomic E-state index is 5.71. The molecule has 0 unspecified atom stereocenters. The van der Waals surface area contributed by atoms with Gasteiger partial charge in [-0.05, 0) is 0 Å².